The van der Waals surface area contributed by atoms with Crippen molar-refractivity contribution in [1.82, 2.24) is 0 Å². The number of ether oxygens (including phenoxy) is 1. The number of nitro benzene ring substituents is 1. The Balaban J connectivity index is 3.31. The number of rotatable bonds is 4. The summed E-state index contributed by atoms with van der Waals surface area (Å²) in [5.41, 5.74) is 0.0873. The Morgan fingerprint density at radius 3 is 2.29 bits per heavy atom. The average Bonchev–Trinajstić information content (AvgIpc) is 2.35. The van der Waals surface area contributed by atoms with Gasteiger partial charge in [0.15, 0.2) is 5.75 Å². The molecule has 0 fully saturated rings. The van der Waals surface area contributed by atoms with Crippen LogP contribution in [0.15, 0.2) is 18.2 Å². The molecule has 0 unspecified atom stereocenters. The van der Waals surface area contributed by atoms with E-state index in [1.165, 1.54) is 25.3 Å². The molecule has 0 saturated carbocycles. The van der Waals surface area contributed by atoms with Crippen LogP contribution in [-0.4, -0.2) is 26.3 Å². The van der Waals surface area contributed by atoms with E-state index in [9.17, 15) is 14.9 Å². The predicted octanol–water partition coefficient (Wildman–Crippen LogP) is 3.77. The highest BCUT2D eigenvalue weighted by Gasteiger charge is 2.40. The summed E-state index contributed by atoms with van der Waals surface area (Å²) in [6.45, 7) is 10.1. The highest BCUT2D eigenvalue weighted by atomic mass is 28.4. The van der Waals surface area contributed by atoms with Crippen molar-refractivity contribution in [3.05, 3.63) is 33.9 Å². The minimum atomic E-state index is -2.25. The van der Waals surface area contributed by atoms with E-state index in [0.717, 1.165) is 0 Å². The van der Waals surface area contributed by atoms with Crippen molar-refractivity contribution in [1.29, 1.82) is 0 Å². The van der Waals surface area contributed by atoms with E-state index in [4.69, 9.17) is 4.43 Å². The maximum atomic E-state index is 11.6. The van der Waals surface area contributed by atoms with E-state index in [-0.39, 0.29) is 22.0 Å². The van der Waals surface area contributed by atoms with Crippen LogP contribution in [0.3, 0.4) is 0 Å². The Labute approximate surface area is 125 Å². The summed E-state index contributed by atoms with van der Waals surface area (Å²) in [6.07, 6.45) is 0. The number of nitro groups is 1. The van der Waals surface area contributed by atoms with Gasteiger partial charge in [-0.1, -0.05) is 20.8 Å². The zero-order valence-corrected chi connectivity index (χ0v) is 14.2. The molecule has 21 heavy (non-hydrogen) atoms. The highest BCUT2D eigenvalue weighted by Crippen LogP contribution is 2.40. The summed E-state index contributed by atoms with van der Waals surface area (Å²) < 4.78 is 10.6. The van der Waals surface area contributed by atoms with Crippen molar-refractivity contribution in [3.8, 4) is 5.75 Å². The van der Waals surface area contributed by atoms with Crippen LogP contribution in [0.1, 0.15) is 31.1 Å². The maximum absolute atomic E-state index is 11.6. The Morgan fingerprint density at radius 1 is 1.29 bits per heavy atom. The second kappa shape index (κ2) is 5.85. The van der Waals surface area contributed by atoms with Crippen LogP contribution >= 0.6 is 0 Å². The van der Waals surface area contributed by atoms with Gasteiger partial charge in [-0.3, -0.25) is 10.1 Å². The summed E-state index contributed by atoms with van der Waals surface area (Å²) in [5, 5.41) is 11.0. The zero-order valence-electron chi connectivity index (χ0n) is 13.2. The van der Waals surface area contributed by atoms with Crippen molar-refractivity contribution in [3.63, 3.8) is 0 Å². The Morgan fingerprint density at radius 2 is 1.86 bits per heavy atom. The predicted molar refractivity (Wildman–Crippen MR) is 82.3 cm³/mol. The second-order valence-corrected chi connectivity index (χ2v) is 11.0. The van der Waals surface area contributed by atoms with Crippen molar-refractivity contribution >= 4 is 20.0 Å². The number of carbonyl (C=O) groups excluding carboxylic acids is 1. The number of esters is 1. The van der Waals surface area contributed by atoms with Gasteiger partial charge in [-0.05, 0) is 24.2 Å². The molecule has 0 heterocycles. The topological polar surface area (TPSA) is 78.7 Å². The molecule has 0 amide bonds. The molecule has 6 nitrogen and oxygen atoms in total. The molecule has 0 radical (unpaired) electrons. The summed E-state index contributed by atoms with van der Waals surface area (Å²) >= 11 is 0. The lowest BCUT2D eigenvalue weighted by Crippen LogP contribution is -2.44. The lowest BCUT2D eigenvalue weighted by molar-refractivity contribution is -0.385. The fourth-order valence-corrected chi connectivity index (χ4v) is 2.44. The van der Waals surface area contributed by atoms with Crippen LogP contribution in [-0.2, 0) is 4.74 Å². The van der Waals surface area contributed by atoms with Gasteiger partial charge in [0.1, 0.15) is 0 Å². The molecule has 0 aromatic heterocycles. The number of hydrogen-bond donors (Lipinski definition) is 0. The van der Waals surface area contributed by atoms with Gasteiger partial charge in [0.2, 0.25) is 0 Å². The number of nitrogens with zero attached hydrogens (tertiary/aromatic N) is 1. The molecule has 7 heteroatoms. The van der Waals surface area contributed by atoms with Gasteiger partial charge < -0.3 is 9.16 Å². The largest absolute Gasteiger partial charge is 0.539 e. The van der Waals surface area contributed by atoms with E-state index >= 15 is 0 Å². The maximum Gasteiger partial charge on any atom is 0.337 e. The first-order valence-corrected chi connectivity index (χ1v) is 9.46. The standard InChI is InChI=1S/C14H21NO5Si/c1-14(2,3)21(5,6)20-12-9-10(13(16)19-4)7-8-11(12)15(17)18/h7-9H,1-6H3. The quantitative estimate of drug-likeness (QED) is 0.366. The minimum Gasteiger partial charge on any atom is -0.539 e. The summed E-state index contributed by atoms with van der Waals surface area (Å²) in [4.78, 5) is 22.2. The van der Waals surface area contributed by atoms with Crippen molar-refractivity contribution in [2.45, 2.75) is 38.9 Å². The molecular weight excluding hydrogens is 290 g/mol. The molecule has 0 spiro atoms. The monoisotopic (exact) mass is 311 g/mol. The molecule has 0 aliphatic carbocycles. The normalized spacial score (nSPS) is 11.9. The molecule has 116 valence electrons. The molecule has 0 N–H and O–H groups in total. The summed E-state index contributed by atoms with van der Waals surface area (Å²) in [6, 6.07) is 4.02. The van der Waals surface area contributed by atoms with Crippen LogP contribution in [0.2, 0.25) is 18.1 Å². The molecule has 0 saturated heterocycles. The Bertz CT molecular complexity index is 563. The fraction of sp³-hybridized carbons (Fsp3) is 0.500. The average molecular weight is 311 g/mol. The molecule has 0 atom stereocenters. The third-order valence-corrected chi connectivity index (χ3v) is 8.09. The first-order chi connectivity index (χ1) is 9.49. The molecular formula is C14H21NO5Si. The van der Waals surface area contributed by atoms with Gasteiger partial charge in [-0.25, -0.2) is 4.79 Å². The Kier molecular flexibility index (Phi) is 4.78. The van der Waals surface area contributed by atoms with Crippen molar-refractivity contribution in [2.75, 3.05) is 7.11 Å². The zero-order chi connectivity index (χ0) is 16.4. The van der Waals surface area contributed by atoms with Gasteiger partial charge in [-0.15, -0.1) is 0 Å². The van der Waals surface area contributed by atoms with E-state index in [0.29, 0.717) is 0 Å². The van der Waals surface area contributed by atoms with Crippen molar-refractivity contribution in [2.24, 2.45) is 0 Å². The van der Waals surface area contributed by atoms with Gasteiger partial charge >= 0.3 is 11.7 Å². The van der Waals surface area contributed by atoms with Crippen LogP contribution in [0.4, 0.5) is 5.69 Å². The minimum absolute atomic E-state index is 0.109. The summed E-state index contributed by atoms with van der Waals surface area (Å²) in [5.74, 6) is -0.431. The van der Waals surface area contributed by atoms with E-state index in [1.807, 2.05) is 33.9 Å². The van der Waals surface area contributed by atoms with Gasteiger partial charge in [-0.2, -0.15) is 0 Å². The first kappa shape index (κ1) is 17.2. The molecule has 1 aromatic carbocycles. The third kappa shape index (κ3) is 3.81. The molecule has 1 rings (SSSR count). The number of benzene rings is 1. The van der Waals surface area contributed by atoms with Gasteiger partial charge in [0.25, 0.3) is 8.32 Å². The SMILES string of the molecule is COC(=O)c1ccc([N+](=O)[O-])c(O[Si](C)(C)C(C)(C)C)c1. The molecule has 0 aliphatic heterocycles. The molecule has 1 aromatic rings. The lowest BCUT2D eigenvalue weighted by Gasteiger charge is -2.36. The molecule has 0 bridgehead atoms. The highest BCUT2D eigenvalue weighted by molar-refractivity contribution is 6.74. The smallest absolute Gasteiger partial charge is 0.337 e. The Hall–Kier alpha value is -1.89. The van der Waals surface area contributed by atoms with Crippen molar-refractivity contribution < 1.29 is 18.9 Å². The van der Waals surface area contributed by atoms with E-state index in [2.05, 4.69) is 4.74 Å². The van der Waals surface area contributed by atoms with Crippen LogP contribution in [0, 0.1) is 10.1 Å². The lowest BCUT2D eigenvalue weighted by atomic mass is 10.2. The summed E-state index contributed by atoms with van der Waals surface area (Å²) in [7, 11) is -0.985. The number of carbonyl (C=O) groups is 1. The van der Waals surface area contributed by atoms with Gasteiger partial charge in [0, 0.05) is 12.1 Å². The fourth-order valence-electron chi connectivity index (χ4n) is 1.42. The van der Waals surface area contributed by atoms with Crippen LogP contribution < -0.4 is 4.43 Å². The second-order valence-electron chi connectivity index (χ2n) is 6.29. The molecule has 0 aliphatic rings. The third-order valence-electron chi connectivity index (χ3n) is 3.75. The van der Waals surface area contributed by atoms with Crippen LogP contribution in [0.25, 0.3) is 0 Å². The van der Waals surface area contributed by atoms with E-state index in [1.54, 1.807) is 0 Å². The number of hydrogen-bond acceptors (Lipinski definition) is 5. The number of methoxy groups -OCH3 is 1. The van der Waals surface area contributed by atoms with Gasteiger partial charge in [0.05, 0.1) is 17.6 Å². The van der Waals surface area contributed by atoms with E-state index < -0.39 is 19.2 Å². The first-order valence-electron chi connectivity index (χ1n) is 6.55. The van der Waals surface area contributed by atoms with Crippen LogP contribution in [0.5, 0.6) is 5.75 Å².